The molecule has 0 aliphatic heterocycles. The van der Waals surface area contributed by atoms with Gasteiger partial charge in [-0.15, -0.1) is 0 Å². The SMILES string of the molecule is CC/C=C\C/C=C\C/C=C\C/C=C\CCC(=O)OC(COCCC(C(=O)O)[N+](C)(C)C)COC(=O)CCCCCCCCCCCCCCCCCCCCCCCC. The summed E-state index contributed by atoms with van der Waals surface area (Å²) in [5.41, 5.74) is 0. The molecule has 59 heavy (non-hydrogen) atoms. The highest BCUT2D eigenvalue weighted by atomic mass is 16.6. The third-order valence-electron chi connectivity index (χ3n) is 10.8. The molecule has 8 nitrogen and oxygen atoms in total. The van der Waals surface area contributed by atoms with E-state index in [2.05, 4.69) is 50.3 Å². The summed E-state index contributed by atoms with van der Waals surface area (Å²) in [6, 6.07) is -0.626. The van der Waals surface area contributed by atoms with Crippen molar-refractivity contribution in [3.05, 3.63) is 48.6 Å². The van der Waals surface area contributed by atoms with Crippen LogP contribution in [0.2, 0.25) is 0 Å². The second-order valence-corrected chi connectivity index (χ2v) is 17.3. The van der Waals surface area contributed by atoms with Crippen LogP contribution < -0.4 is 0 Å². The lowest BCUT2D eigenvalue weighted by molar-refractivity contribution is -0.887. The zero-order valence-electron chi connectivity index (χ0n) is 39.0. The molecule has 0 saturated carbocycles. The second kappa shape index (κ2) is 42.0. The average Bonchev–Trinajstić information content (AvgIpc) is 3.19. The van der Waals surface area contributed by atoms with Gasteiger partial charge in [0.15, 0.2) is 12.1 Å². The molecule has 0 radical (unpaired) electrons. The van der Waals surface area contributed by atoms with E-state index < -0.39 is 18.1 Å². The van der Waals surface area contributed by atoms with E-state index >= 15 is 0 Å². The summed E-state index contributed by atoms with van der Waals surface area (Å²) in [5, 5.41) is 9.62. The first-order valence-electron chi connectivity index (χ1n) is 24.2. The molecule has 342 valence electrons. The molecule has 0 bridgehead atoms. The fourth-order valence-corrected chi connectivity index (χ4v) is 7.05. The molecule has 0 aromatic heterocycles. The Bertz CT molecular complexity index is 1110. The van der Waals surface area contributed by atoms with Gasteiger partial charge in [0.25, 0.3) is 0 Å². The number of hydrogen-bond donors (Lipinski definition) is 1. The number of carboxylic acid groups (broad SMARTS) is 1. The van der Waals surface area contributed by atoms with Gasteiger partial charge in [-0.3, -0.25) is 9.59 Å². The Morgan fingerprint density at radius 1 is 0.525 bits per heavy atom. The number of nitrogens with zero attached hydrogens (tertiary/aromatic N) is 1. The van der Waals surface area contributed by atoms with E-state index in [-0.39, 0.29) is 42.7 Å². The van der Waals surface area contributed by atoms with Crippen molar-refractivity contribution in [2.75, 3.05) is 41.0 Å². The Labute approximate surface area is 363 Å². The number of unbranched alkanes of at least 4 members (excludes halogenated alkanes) is 21. The second-order valence-electron chi connectivity index (χ2n) is 17.3. The summed E-state index contributed by atoms with van der Waals surface area (Å²) >= 11 is 0. The van der Waals surface area contributed by atoms with Crippen LogP contribution >= 0.6 is 0 Å². The molecule has 0 aliphatic rings. The van der Waals surface area contributed by atoms with Crippen molar-refractivity contribution in [1.29, 1.82) is 0 Å². The van der Waals surface area contributed by atoms with Gasteiger partial charge in [0.05, 0.1) is 34.4 Å². The minimum atomic E-state index is -0.885. The van der Waals surface area contributed by atoms with Gasteiger partial charge in [-0.25, -0.2) is 4.79 Å². The third-order valence-corrected chi connectivity index (χ3v) is 10.8. The number of esters is 2. The van der Waals surface area contributed by atoms with E-state index in [1.165, 1.54) is 122 Å². The molecule has 0 heterocycles. The molecule has 0 fully saturated rings. The maximum absolute atomic E-state index is 12.7. The third kappa shape index (κ3) is 40.5. The Morgan fingerprint density at radius 3 is 1.37 bits per heavy atom. The van der Waals surface area contributed by atoms with Crippen molar-refractivity contribution >= 4 is 17.9 Å². The lowest BCUT2D eigenvalue weighted by Gasteiger charge is -2.31. The van der Waals surface area contributed by atoms with Gasteiger partial charge in [0.1, 0.15) is 6.61 Å². The number of hydrogen-bond acceptors (Lipinski definition) is 6. The number of quaternary nitrogens is 1. The fraction of sp³-hybridized carbons (Fsp3) is 0.784. The van der Waals surface area contributed by atoms with Gasteiger partial charge in [-0.1, -0.05) is 197 Å². The smallest absolute Gasteiger partial charge is 0.362 e. The van der Waals surface area contributed by atoms with Crippen LogP contribution in [0.1, 0.15) is 206 Å². The maximum Gasteiger partial charge on any atom is 0.362 e. The quantitative estimate of drug-likeness (QED) is 0.0283. The van der Waals surface area contributed by atoms with Crippen LogP contribution in [-0.4, -0.2) is 80.6 Å². The van der Waals surface area contributed by atoms with Crippen LogP contribution in [-0.2, 0) is 28.6 Å². The number of rotatable bonds is 43. The Morgan fingerprint density at radius 2 is 0.949 bits per heavy atom. The van der Waals surface area contributed by atoms with Crippen molar-refractivity contribution in [2.24, 2.45) is 0 Å². The molecule has 0 aromatic carbocycles. The summed E-state index contributed by atoms with van der Waals surface area (Å²) in [6.07, 6.45) is 50.5. The Balaban J connectivity index is 4.24. The van der Waals surface area contributed by atoms with Crippen molar-refractivity contribution in [3.8, 4) is 0 Å². The summed E-state index contributed by atoms with van der Waals surface area (Å²) in [5.74, 6) is -1.56. The molecular formula is C51H92NO7+. The van der Waals surface area contributed by atoms with Crippen molar-refractivity contribution in [2.45, 2.75) is 219 Å². The van der Waals surface area contributed by atoms with Gasteiger partial charge < -0.3 is 23.8 Å². The standard InChI is InChI=1S/C51H91NO7/c1-6-8-10-12-14-16-18-20-21-22-23-24-25-26-27-28-30-31-33-35-37-39-41-49(53)58-46-47(45-57-44-43-48(51(55)56)52(3,4)5)59-50(54)42-40-38-36-34-32-29-19-17-15-13-11-9-7-2/h9,11,15,17,29,32,36,38,47-48H,6-8,10,12-14,16,18-28,30-31,33-35,37,39-46H2,1-5H3/p+1/b11-9-,17-15-,32-29-,38-36-. The number of ether oxygens (including phenoxy) is 3. The first-order valence-corrected chi connectivity index (χ1v) is 24.2. The zero-order chi connectivity index (χ0) is 43.5. The topological polar surface area (TPSA) is 99.1 Å². The van der Waals surface area contributed by atoms with Crippen LogP contribution in [0.4, 0.5) is 0 Å². The van der Waals surface area contributed by atoms with Crippen LogP contribution in [0.3, 0.4) is 0 Å². The van der Waals surface area contributed by atoms with Crippen LogP contribution in [0.5, 0.6) is 0 Å². The molecule has 0 aromatic rings. The van der Waals surface area contributed by atoms with Crippen LogP contribution in [0.15, 0.2) is 48.6 Å². The lowest BCUT2D eigenvalue weighted by Crippen LogP contribution is -2.50. The fourth-order valence-electron chi connectivity index (χ4n) is 7.05. The predicted molar refractivity (Wildman–Crippen MR) is 248 cm³/mol. The van der Waals surface area contributed by atoms with Crippen molar-refractivity contribution in [1.82, 2.24) is 0 Å². The largest absolute Gasteiger partial charge is 0.477 e. The normalized spacial score (nSPS) is 13.3. The van der Waals surface area contributed by atoms with Gasteiger partial charge in [0, 0.05) is 19.3 Å². The number of carboxylic acids is 1. The average molecular weight is 831 g/mol. The molecule has 0 aliphatic carbocycles. The maximum atomic E-state index is 12.7. The molecular weight excluding hydrogens is 739 g/mol. The minimum Gasteiger partial charge on any atom is -0.477 e. The van der Waals surface area contributed by atoms with Crippen molar-refractivity contribution in [3.63, 3.8) is 0 Å². The van der Waals surface area contributed by atoms with Gasteiger partial charge in [-0.05, 0) is 38.5 Å². The highest BCUT2D eigenvalue weighted by Crippen LogP contribution is 2.16. The van der Waals surface area contributed by atoms with Crippen LogP contribution in [0.25, 0.3) is 0 Å². The molecule has 0 saturated heterocycles. The van der Waals surface area contributed by atoms with E-state index in [1.807, 2.05) is 33.3 Å². The van der Waals surface area contributed by atoms with E-state index in [0.717, 1.165) is 44.9 Å². The molecule has 2 atom stereocenters. The summed E-state index contributed by atoms with van der Waals surface area (Å²) in [7, 11) is 5.51. The number of likely N-dealkylation sites (N-methyl/N-ethyl adjacent to an activating group) is 1. The monoisotopic (exact) mass is 831 g/mol. The molecule has 1 N–H and O–H groups in total. The van der Waals surface area contributed by atoms with Gasteiger partial charge in [0.2, 0.25) is 0 Å². The number of carbonyl (C=O) groups excluding carboxylic acids is 2. The first kappa shape index (κ1) is 56.3. The van der Waals surface area contributed by atoms with E-state index in [1.54, 1.807) is 0 Å². The Kier molecular flexibility index (Phi) is 40.1. The van der Waals surface area contributed by atoms with Gasteiger partial charge in [-0.2, -0.15) is 0 Å². The lowest BCUT2D eigenvalue weighted by atomic mass is 10.0. The minimum absolute atomic E-state index is 0.0336. The number of carbonyl (C=O) groups is 3. The molecule has 2 unspecified atom stereocenters. The zero-order valence-corrected chi connectivity index (χ0v) is 39.0. The van der Waals surface area contributed by atoms with Crippen LogP contribution in [0, 0.1) is 0 Å². The van der Waals surface area contributed by atoms with Crippen molar-refractivity contribution < 1.29 is 38.2 Å². The Hall–Kier alpha value is -2.71. The summed E-state index contributed by atoms with van der Waals surface area (Å²) < 4.78 is 17.2. The first-order chi connectivity index (χ1) is 28.6. The highest BCUT2D eigenvalue weighted by molar-refractivity contribution is 5.72. The molecule has 0 spiro atoms. The summed E-state index contributed by atoms with van der Waals surface area (Å²) in [6.45, 7) is 4.56. The predicted octanol–water partition coefficient (Wildman–Crippen LogP) is 13.6. The number of allylic oxidation sites excluding steroid dienone is 8. The highest BCUT2D eigenvalue weighted by Gasteiger charge is 2.31. The molecule has 0 amide bonds. The summed E-state index contributed by atoms with van der Waals surface area (Å²) in [4.78, 5) is 37.0. The van der Waals surface area contributed by atoms with Gasteiger partial charge >= 0.3 is 17.9 Å². The molecule has 8 heteroatoms. The van der Waals surface area contributed by atoms with E-state index in [9.17, 15) is 19.5 Å². The van der Waals surface area contributed by atoms with E-state index in [0.29, 0.717) is 19.3 Å². The molecule has 0 rings (SSSR count). The number of aliphatic carboxylic acids is 1. The van der Waals surface area contributed by atoms with E-state index in [4.69, 9.17) is 14.2 Å².